The zero-order valence-corrected chi connectivity index (χ0v) is 13.7. The Morgan fingerprint density at radius 1 is 0.952 bits per heavy atom. The van der Waals surface area contributed by atoms with Crippen molar-refractivity contribution >= 4 is 15.9 Å². The summed E-state index contributed by atoms with van der Waals surface area (Å²) in [6.45, 7) is 4.40. The van der Waals surface area contributed by atoms with E-state index >= 15 is 0 Å². The maximum Gasteiger partial charge on any atom is 0.0389 e. The van der Waals surface area contributed by atoms with Crippen molar-refractivity contribution in [3.05, 3.63) is 70.2 Å². The van der Waals surface area contributed by atoms with E-state index in [0.717, 1.165) is 32.6 Å². The Labute approximate surface area is 135 Å². The summed E-state index contributed by atoms with van der Waals surface area (Å²) in [7, 11) is 0. The number of hydrogen-bond donors (Lipinski definition) is 1. The molecule has 110 valence electrons. The summed E-state index contributed by atoms with van der Waals surface area (Å²) in [5, 5.41) is 3.45. The minimum absolute atomic E-state index is 0.451. The fourth-order valence-electron chi connectivity index (χ4n) is 3.00. The van der Waals surface area contributed by atoms with Gasteiger partial charge >= 0.3 is 0 Å². The SMILES string of the molecule is Brc1ccccc1CC(c1ccccc1)N1CCNCC1. The van der Waals surface area contributed by atoms with Crippen LogP contribution in [0.15, 0.2) is 59.1 Å². The van der Waals surface area contributed by atoms with Gasteiger partial charge < -0.3 is 5.32 Å². The number of halogens is 1. The highest BCUT2D eigenvalue weighted by Gasteiger charge is 2.22. The summed E-state index contributed by atoms with van der Waals surface area (Å²) < 4.78 is 1.21. The van der Waals surface area contributed by atoms with Gasteiger partial charge in [-0.25, -0.2) is 0 Å². The van der Waals surface area contributed by atoms with Gasteiger partial charge in [0.2, 0.25) is 0 Å². The third-order valence-corrected chi connectivity index (χ3v) is 4.92. The Balaban J connectivity index is 1.87. The molecule has 0 radical (unpaired) electrons. The molecule has 21 heavy (non-hydrogen) atoms. The van der Waals surface area contributed by atoms with E-state index in [0.29, 0.717) is 6.04 Å². The van der Waals surface area contributed by atoms with Crippen LogP contribution in [0.25, 0.3) is 0 Å². The van der Waals surface area contributed by atoms with Crippen molar-refractivity contribution in [2.75, 3.05) is 26.2 Å². The lowest BCUT2D eigenvalue weighted by molar-refractivity contribution is 0.172. The van der Waals surface area contributed by atoms with Crippen molar-refractivity contribution in [1.82, 2.24) is 10.2 Å². The molecule has 1 saturated heterocycles. The van der Waals surface area contributed by atoms with Crippen molar-refractivity contribution in [3.8, 4) is 0 Å². The smallest absolute Gasteiger partial charge is 0.0389 e. The van der Waals surface area contributed by atoms with E-state index in [1.54, 1.807) is 0 Å². The van der Waals surface area contributed by atoms with Crippen molar-refractivity contribution < 1.29 is 0 Å². The van der Waals surface area contributed by atoms with Gasteiger partial charge in [-0.1, -0.05) is 64.5 Å². The molecule has 1 aliphatic rings. The number of nitrogens with zero attached hydrogens (tertiary/aromatic N) is 1. The third-order valence-electron chi connectivity index (χ3n) is 4.15. The Bertz CT molecular complexity index is 564. The number of nitrogens with one attached hydrogen (secondary N) is 1. The first-order valence-corrected chi connectivity index (χ1v) is 8.37. The highest BCUT2D eigenvalue weighted by atomic mass is 79.9. The third kappa shape index (κ3) is 3.73. The topological polar surface area (TPSA) is 15.3 Å². The van der Waals surface area contributed by atoms with Crippen molar-refractivity contribution in [1.29, 1.82) is 0 Å². The zero-order valence-electron chi connectivity index (χ0n) is 12.1. The van der Waals surface area contributed by atoms with E-state index in [1.807, 2.05) is 0 Å². The second-order valence-corrected chi connectivity index (χ2v) is 6.36. The lowest BCUT2D eigenvalue weighted by atomic mass is 9.97. The van der Waals surface area contributed by atoms with Crippen LogP contribution in [0.4, 0.5) is 0 Å². The molecule has 1 unspecified atom stereocenters. The Morgan fingerprint density at radius 2 is 1.62 bits per heavy atom. The molecule has 1 heterocycles. The van der Waals surface area contributed by atoms with Crippen LogP contribution in [0.2, 0.25) is 0 Å². The van der Waals surface area contributed by atoms with Crippen LogP contribution in [0.5, 0.6) is 0 Å². The van der Waals surface area contributed by atoms with Crippen LogP contribution in [-0.4, -0.2) is 31.1 Å². The van der Waals surface area contributed by atoms with Gasteiger partial charge in [-0.2, -0.15) is 0 Å². The lowest BCUT2D eigenvalue weighted by Crippen LogP contribution is -2.45. The molecule has 0 aliphatic carbocycles. The van der Waals surface area contributed by atoms with E-state index in [-0.39, 0.29) is 0 Å². The van der Waals surface area contributed by atoms with Gasteiger partial charge in [-0.05, 0) is 23.6 Å². The first kappa shape index (κ1) is 14.8. The predicted octanol–water partition coefficient (Wildman–Crippen LogP) is 3.64. The van der Waals surface area contributed by atoms with Crippen LogP contribution < -0.4 is 5.32 Å². The molecule has 3 heteroatoms. The number of hydrogen-bond acceptors (Lipinski definition) is 2. The molecule has 0 saturated carbocycles. The van der Waals surface area contributed by atoms with E-state index < -0.39 is 0 Å². The molecule has 1 N–H and O–H groups in total. The van der Waals surface area contributed by atoms with Crippen LogP contribution in [0.1, 0.15) is 17.2 Å². The molecule has 0 amide bonds. The second kappa shape index (κ2) is 7.21. The molecule has 3 rings (SSSR count). The van der Waals surface area contributed by atoms with Crippen LogP contribution in [0, 0.1) is 0 Å². The predicted molar refractivity (Wildman–Crippen MR) is 91.5 cm³/mol. The minimum Gasteiger partial charge on any atom is -0.314 e. The van der Waals surface area contributed by atoms with Crippen LogP contribution in [-0.2, 0) is 6.42 Å². The minimum atomic E-state index is 0.451. The number of piperazine rings is 1. The van der Waals surface area contributed by atoms with Gasteiger partial charge in [-0.15, -0.1) is 0 Å². The van der Waals surface area contributed by atoms with Gasteiger partial charge in [0.25, 0.3) is 0 Å². The fraction of sp³-hybridized carbons (Fsp3) is 0.333. The average molecular weight is 345 g/mol. The van der Waals surface area contributed by atoms with Gasteiger partial charge in [0.1, 0.15) is 0 Å². The van der Waals surface area contributed by atoms with Gasteiger partial charge in [-0.3, -0.25) is 4.90 Å². The van der Waals surface area contributed by atoms with Gasteiger partial charge in [0.15, 0.2) is 0 Å². The average Bonchev–Trinajstić information content (AvgIpc) is 2.56. The first-order valence-electron chi connectivity index (χ1n) is 7.58. The molecule has 0 bridgehead atoms. The van der Waals surface area contributed by atoms with Crippen LogP contribution in [0.3, 0.4) is 0 Å². The fourth-order valence-corrected chi connectivity index (χ4v) is 3.45. The van der Waals surface area contributed by atoms with Crippen molar-refractivity contribution in [3.63, 3.8) is 0 Å². The molecular weight excluding hydrogens is 324 g/mol. The lowest BCUT2D eigenvalue weighted by Gasteiger charge is -2.35. The van der Waals surface area contributed by atoms with Crippen molar-refractivity contribution in [2.24, 2.45) is 0 Å². The number of rotatable bonds is 4. The highest BCUT2D eigenvalue weighted by molar-refractivity contribution is 9.10. The highest BCUT2D eigenvalue weighted by Crippen LogP contribution is 2.28. The molecule has 1 atom stereocenters. The summed E-state index contributed by atoms with van der Waals surface area (Å²) in [4.78, 5) is 2.60. The Morgan fingerprint density at radius 3 is 2.33 bits per heavy atom. The molecule has 2 aromatic carbocycles. The number of benzene rings is 2. The summed E-state index contributed by atoms with van der Waals surface area (Å²) in [6.07, 6.45) is 1.05. The zero-order chi connectivity index (χ0) is 14.5. The summed E-state index contributed by atoms with van der Waals surface area (Å²) >= 11 is 3.69. The van der Waals surface area contributed by atoms with Crippen LogP contribution >= 0.6 is 15.9 Å². The standard InChI is InChI=1S/C18H21BrN2/c19-17-9-5-4-8-16(17)14-18(15-6-2-1-3-7-15)21-12-10-20-11-13-21/h1-9,18,20H,10-14H2. The molecule has 0 aromatic heterocycles. The van der Waals surface area contributed by atoms with Gasteiger partial charge in [0.05, 0.1) is 0 Å². The van der Waals surface area contributed by atoms with E-state index in [9.17, 15) is 0 Å². The monoisotopic (exact) mass is 344 g/mol. The molecule has 1 aliphatic heterocycles. The summed E-state index contributed by atoms with van der Waals surface area (Å²) in [6, 6.07) is 19.9. The molecular formula is C18H21BrN2. The largest absolute Gasteiger partial charge is 0.314 e. The Kier molecular flexibility index (Phi) is 5.07. The summed E-state index contributed by atoms with van der Waals surface area (Å²) in [5.41, 5.74) is 2.79. The molecule has 2 aromatic rings. The first-order chi connectivity index (χ1) is 10.3. The maximum absolute atomic E-state index is 3.69. The normalized spacial score (nSPS) is 17.6. The van der Waals surface area contributed by atoms with Crippen molar-refractivity contribution in [2.45, 2.75) is 12.5 Å². The van der Waals surface area contributed by atoms with E-state index in [2.05, 4.69) is 80.7 Å². The summed E-state index contributed by atoms with van der Waals surface area (Å²) in [5.74, 6) is 0. The maximum atomic E-state index is 3.69. The van der Waals surface area contributed by atoms with E-state index in [4.69, 9.17) is 0 Å². The molecule has 2 nitrogen and oxygen atoms in total. The van der Waals surface area contributed by atoms with E-state index in [1.165, 1.54) is 15.6 Å². The second-order valence-electron chi connectivity index (χ2n) is 5.51. The molecule has 0 spiro atoms. The Hall–Kier alpha value is -1.16. The molecule has 1 fully saturated rings. The van der Waals surface area contributed by atoms with Gasteiger partial charge in [0, 0.05) is 36.7 Å². The quantitative estimate of drug-likeness (QED) is 0.910.